The summed E-state index contributed by atoms with van der Waals surface area (Å²) in [4.78, 5) is 12.3. The molecule has 0 spiro atoms. The Morgan fingerprint density at radius 1 is 1.35 bits per heavy atom. The number of benzene rings is 1. The summed E-state index contributed by atoms with van der Waals surface area (Å²) >= 11 is 0. The van der Waals surface area contributed by atoms with Gasteiger partial charge in [0.25, 0.3) is 0 Å². The van der Waals surface area contributed by atoms with Crippen molar-refractivity contribution in [3.8, 4) is 0 Å². The van der Waals surface area contributed by atoms with Crippen LogP contribution in [-0.4, -0.2) is 12.3 Å². The summed E-state index contributed by atoms with van der Waals surface area (Å²) in [6.45, 7) is 4.92. The molecule has 1 aromatic rings. The molecule has 1 aromatic carbocycles. The van der Waals surface area contributed by atoms with Crippen LogP contribution in [-0.2, 0) is 10.3 Å². The van der Waals surface area contributed by atoms with Crippen LogP contribution in [0.3, 0.4) is 0 Å². The summed E-state index contributed by atoms with van der Waals surface area (Å²) in [7, 11) is 0. The molecule has 1 aliphatic rings. The first-order valence-electron chi connectivity index (χ1n) is 6.23. The molecule has 0 saturated carbocycles. The molecule has 0 radical (unpaired) electrons. The number of aryl methyl sites for hydroxylation is 1. The average molecular weight is 229 g/mol. The van der Waals surface area contributed by atoms with E-state index in [4.69, 9.17) is 0 Å². The van der Waals surface area contributed by atoms with E-state index in [2.05, 4.69) is 24.4 Å². The Bertz CT molecular complexity index is 450. The molecule has 0 fully saturated rings. The number of carbonyl (C=O) groups is 1. The lowest BCUT2D eigenvalue weighted by atomic mass is 9.77. The van der Waals surface area contributed by atoms with Crippen molar-refractivity contribution in [2.24, 2.45) is 0 Å². The van der Waals surface area contributed by atoms with Crippen molar-refractivity contribution in [1.82, 2.24) is 5.32 Å². The smallest absolute Gasteiger partial charge is 0.179 e. The Hall–Kier alpha value is -1.41. The quantitative estimate of drug-likeness (QED) is 0.863. The minimum Gasteiger partial charge on any atom is -0.301 e. The third kappa shape index (κ3) is 2.05. The van der Waals surface area contributed by atoms with E-state index in [1.54, 1.807) is 6.08 Å². The van der Waals surface area contributed by atoms with Crippen molar-refractivity contribution in [2.45, 2.75) is 32.2 Å². The highest BCUT2D eigenvalue weighted by Gasteiger charge is 2.39. The first-order valence-corrected chi connectivity index (χ1v) is 6.23. The van der Waals surface area contributed by atoms with E-state index < -0.39 is 5.54 Å². The molecule has 1 unspecified atom stereocenters. The van der Waals surface area contributed by atoms with Gasteiger partial charge >= 0.3 is 0 Å². The van der Waals surface area contributed by atoms with Gasteiger partial charge in [-0.1, -0.05) is 37.3 Å². The monoisotopic (exact) mass is 229 g/mol. The lowest BCUT2D eigenvalue weighted by Gasteiger charge is -2.35. The summed E-state index contributed by atoms with van der Waals surface area (Å²) in [5, 5.41) is 3.40. The number of hydrogen-bond acceptors (Lipinski definition) is 2. The Kier molecular flexibility index (Phi) is 3.43. The van der Waals surface area contributed by atoms with E-state index in [1.807, 2.05) is 25.1 Å². The van der Waals surface area contributed by atoms with Crippen LogP contribution in [0.5, 0.6) is 0 Å². The van der Waals surface area contributed by atoms with Crippen molar-refractivity contribution in [2.75, 3.05) is 6.54 Å². The first kappa shape index (κ1) is 12.1. The average Bonchev–Trinajstić information content (AvgIpc) is 2.33. The summed E-state index contributed by atoms with van der Waals surface area (Å²) in [6, 6.07) is 8.16. The molecule has 17 heavy (non-hydrogen) atoms. The standard InChI is InChI=1S/C15H19NO/c1-3-16-15(11-7-6-10-14(15)17)13-9-5-4-8-12(13)2/h4-6,8-10,16H,3,7,11H2,1-2H3. The molecule has 2 nitrogen and oxygen atoms in total. The minimum atomic E-state index is -0.505. The van der Waals surface area contributed by atoms with Gasteiger partial charge in [-0.25, -0.2) is 0 Å². The van der Waals surface area contributed by atoms with Crippen LogP contribution in [0.2, 0.25) is 0 Å². The maximum absolute atomic E-state index is 12.3. The van der Waals surface area contributed by atoms with Gasteiger partial charge in [-0.2, -0.15) is 0 Å². The molecule has 0 aliphatic heterocycles. The molecule has 2 heteroatoms. The van der Waals surface area contributed by atoms with Gasteiger partial charge in [0.1, 0.15) is 5.54 Å². The Morgan fingerprint density at radius 3 is 2.76 bits per heavy atom. The van der Waals surface area contributed by atoms with Crippen LogP contribution in [0.4, 0.5) is 0 Å². The van der Waals surface area contributed by atoms with Crippen molar-refractivity contribution < 1.29 is 4.79 Å². The van der Waals surface area contributed by atoms with Crippen LogP contribution in [0.25, 0.3) is 0 Å². The molecule has 0 bridgehead atoms. The van der Waals surface area contributed by atoms with Gasteiger partial charge in [-0.15, -0.1) is 0 Å². The second-order valence-corrected chi connectivity index (χ2v) is 4.56. The van der Waals surface area contributed by atoms with Crippen LogP contribution < -0.4 is 5.32 Å². The molecular weight excluding hydrogens is 210 g/mol. The molecule has 1 N–H and O–H groups in total. The fourth-order valence-electron chi connectivity index (χ4n) is 2.65. The van der Waals surface area contributed by atoms with Crippen LogP contribution >= 0.6 is 0 Å². The van der Waals surface area contributed by atoms with Gasteiger partial charge in [-0.3, -0.25) is 4.79 Å². The van der Waals surface area contributed by atoms with Gasteiger partial charge in [0.05, 0.1) is 0 Å². The number of allylic oxidation sites excluding steroid dienone is 1. The highest BCUT2D eigenvalue weighted by molar-refractivity contribution is 5.99. The predicted molar refractivity (Wildman–Crippen MR) is 69.9 cm³/mol. The molecule has 0 aromatic heterocycles. The van der Waals surface area contributed by atoms with E-state index in [-0.39, 0.29) is 5.78 Å². The lowest BCUT2D eigenvalue weighted by molar-refractivity contribution is -0.121. The van der Waals surface area contributed by atoms with Crippen LogP contribution in [0, 0.1) is 6.92 Å². The molecule has 1 atom stereocenters. The van der Waals surface area contributed by atoms with Gasteiger partial charge in [-0.05, 0) is 43.5 Å². The molecule has 2 rings (SSSR count). The molecular formula is C15H19NO. The van der Waals surface area contributed by atoms with Crippen molar-refractivity contribution in [1.29, 1.82) is 0 Å². The number of likely N-dealkylation sites (N-methyl/N-ethyl adjacent to an activating group) is 1. The van der Waals surface area contributed by atoms with E-state index >= 15 is 0 Å². The van der Waals surface area contributed by atoms with Crippen LogP contribution in [0.1, 0.15) is 30.9 Å². The van der Waals surface area contributed by atoms with E-state index in [0.29, 0.717) is 0 Å². The largest absolute Gasteiger partial charge is 0.301 e. The second-order valence-electron chi connectivity index (χ2n) is 4.56. The van der Waals surface area contributed by atoms with Gasteiger partial charge in [0.15, 0.2) is 5.78 Å². The number of hydrogen-bond donors (Lipinski definition) is 1. The third-order valence-electron chi connectivity index (χ3n) is 3.46. The Balaban J connectivity index is 2.52. The van der Waals surface area contributed by atoms with E-state index in [1.165, 1.54) is 5.56 Å². The molecule has 90 valence electrons. The first-order chi connectivity index (χ1) is 8.20. The third-order valence-corrected chi connectivity index (χ3v) is 3.46. The Labute approximate surface area is 103 Å². The fourth-order valence-corrected chi connectivity index (χ4v) is 2.65. The summed E-state index contributed by atoms with van der Waals surface area (Å²) in [6.07, 6.45) is 5.49. The van der Waals surface area contributed by atoms with Crippen molar-refractivity contribution >= 4 is 5.78 Å². The zero-order valence-electron chi connectivity index (χ0n) is 10.5. The minimum absolute atomic E-state index is 0.180. The molecule has 1 aliphatic carbocycles. The van der Waals surface area contributed by atoms with E-state index in [9.17, 15) is 4.79 Å². The molecule has 0 heterocycles. The topological polar surface area (TPSA) is 29.1 Å². The number of ketones is 1. The number of nitrogens with one attached hydrogen (secondary N) is 1. The van der Waals surface area contributed by atoms with Gasteiger partial charge < -0.3 is 5.32 Å². The Morgan fingerprint density at radius 2 is 2.12 bits per heavy atom. The predicted octanol–water partition coefficient (Wildman–Crippen LogP) is 2.72. The van der Waals surface area contributed by atoms with E-state index in [0.717, 1.165) is 24.9 Å². The van der Waals surface area contributed by atoms with Crippen molar-refractivity contribution in [3.63, 3.8) is 0 Å². The summed E-state index contributed by atoms with van der Waals surface area (Å²) in [5.74, 6) is 0.180. The summed E-state index contributed by atoms with van der Waals surface area (Å²) in [5.41, 5.74) is 1.79. The molecule has 0 amide bonds. The summed E-state index contributed by atoms with van der Waals surface area (Å²) < 4.78 is 0. The number of rotatable bonds is 3. The fraction of sp³-hybridized carbons (Fsp3) is 0.400. The maximum Gasteiger partial charge on any atom is 0.179 e. The van der Waals surface area contributed by atoms with Crippen molar-refractivity contribution in [3.05, 3.63) is 47.5 Å². The highest BCUT2D eigenvalue weighted by Crippen LogP contribution is 2.33. The van der Waals surface area contributed by atoms with Gasteiger partial charge in [0.2, 0.25) is 0 Å². The normalized spacial score (nSPS) is 24.0. The zero-order chi connectivity index (χ0) is 12.3. The maximum atomic E-state index is 12.3. The highest BCUT2D eigenvalue weighted by atomic mass is 16.1. The number of carbonyl (C=O) groups excluding carboxylic acids is 1. The SMILES string of the molecule is CCNC1(c2ccccc2C)CCC=CC1=O. The molecule has 0 saturated heterocycles. The van der Waals surface area contributed by atoms with Gasteiger partial charge in [0, 0.05) is 0 Å². The second kappa shape index (κ2) is 4.84. The zero-order valence-corrected chi connectivity index (χ0v) is 10.5. The lowest BCUT2D eigenvalue weighted by Crippen LogP contribution is -2.50. The van der Waals surface area contributed by atoms with Crippen LogP contribution in [0.15, 0.2) is 36.4 Å².